The van der Waals surface area contributed by atoms with E-state index in [4.69, 9.17) is 4.43 Å². The number of benzene rings is 1. The molecule has 0 radical (unpaired) electrons. The predicted molar refractivity (Wildman–Crippen MR) is 85.5 cm³/mol. The molecule has 2 heteroatoms. The van der Waals surface area contributed by atoms with Crippen LogP contribution in [0.15, 0.2) is 18.2 Å². The van der Waals surface area contributed by atoms with Crippen molar-refractivity contribution in [3.05, 3.63) is 29.3 Å². The second-order valence-corrected chi connectivity index (χ2v) is 10.5. The maximum absolute atomic E-state index is 6.50. The van der Waals surface area contributed by atoms with Crippen molar-refractivity contribution in [1.82, 2.24) is 0 Å². The van der Waals surface area contributed by atoms with Crippen LogP contribution in [-0.2, 0) is 12.8 Å². The first-order valence-electron chi connectivity index (χ1n) is 8.04. The normalized spacial score (nSPS) is 15.7. The van der Waals surface area contributed by atoms with Crippen LogP contribution >= 0.6 is 0 Å². The Labute approximate surface area is 119 Å². The molecule has 1 nitrogen and oxygen atoms in total. The van der Waals surface area contributed by atoms with Gasteiger partial charge in [0, 0.05) is 0 Å². The molecule has 0 heterocycles. The summed E-state index contributed by atoms with van der Waals surface area (Å²) in [5.41, 5.74) is 3.10. The van der Waals surface area contributed by atoms with E-state index in [2.05, 4.69) is 39.0 Å². The van der Waals surface area contributed by atoms with Crippen LogP contribution < -0.4 is 4.43 Å². The molecule has 1 aromatic carbocycles. The average molecular weight is 276 g/mol. The standard InChI is InChI=1S/C17H28OSi/c1-4-19(5-2,6-3)18-17-13-12-15-10-8-7-9-11-16(15)14-17/h12-14H,4-11H2,1-3H3. The second-order valence-electron chi connectivity index (χ2n) is 5.84. The SMILES string of the molecule is CC[Si](CC)(CC)Oc1ccc2c(c1)CCCCC2. The maximum Gasteiger partial charge on any atom is 0.250 e. The Morgan fingerprint density at radius 1 is 0.895 bits per heavy atom. The minimum Gasteiger partial charge on any atom is -0.543 e. The molecule has 0 saturated heterocycles. The second kappa shape index (κ2) is 6.60. The summed E-state index contributed by atoms with van der Waals surface area (Å²) in [5.74, 6) is 1.14. The van der Waals surface area contributed by atoms with E-state index < -0.39 is 8.32 Å². The van der Waals surface area contributed by atoms with E-state index in [-0.39, 0.29) is 0 Å². The molecule has 0 amide bonds. The molecule has 19 heavy (non-hydrogen) atoms. The van der Waals surface area contributed by atoms with Crippen molar-refractivity contribution in [2.45, 2.75) is 71.0 Å². The van der Waals surface area contributed by atoms with Gasteiger partial charge in [-0.2, -0.15) is 0 Å². The van der Waals surface area contributed by atoms with E-state index in [1.165, 1.54) is 50.2 Å². The van der Waals surface area contributed by atoms with E-state index >= 15 is 0 Å². The zero-order valence-electron chi connectivity index (χ0n) is 12.8. The zero-order valence-corrected chi connectivity index (χ0v) is 13.8. The molecule has 0 atom stereocenters. The lowest BCUT2D eigenvalue weighted by Crippen LogP contribution is -2.39. The molecule has 1 aliphatic carbocycles. The van der Waals surface area contributed by atoms with Crippen molar-refractivity contribution in [3.63, 3.8) is 0 Å². The minimum atomic E-state index is -1.52. The molecule has 0 fully saturated rings. The first kappa shape index (κ1) is 14.6. The van der Waals surface area contributed by atoms with Crippen molar-refractivity contribution in [2.24, 2.45) is 0 Å². The van der Waals surface area contributed by atoms with Crippen molar-refractivity contribution in [2.75, 3.05) is 0 Å². The molecule has 0 saturated carbocycles. The maximum atomic E-state index is 6.50. The largest absolute Gasteiger partial charge is 0.543 e. The quantitative estimate of drug-likeness (QED) is 0.521. The van der Waals surface area contributed by atoms with E-state index in [1.807, 2.05) is 0 Å². The average Bonchev–Trinajstić information content (AvgIpc) is 2.69. The Morgan fingerprint density at radius 2 is 1.53 bits per heavy atom. The Bertz CT molecular complexity index is 401. The summed E-state index contributed by atoms with van der Waals surface area (Å²) in [5, 5.41) is 0. The Hall–Kier alpha value is -0.763. The lowest BCUT2D eigenvalue weighted by atomic mass is 10.0. The van der Waals surface area contributed by atoms with Crippen molar-refractivity contribution in [3.8, 4) is 5.75 Å². The Morgan fingerprint density at radius 3 is 2.16 bits per heavy atom. The molecule has 1 aliphatic rings. The molecule has 0 N–H and O–H groups in total. The summed E-state index contributed by atoms with van der Waals surface area (Å²) in [7, 11) is -1.52. The third-order valence-electron chi connectivity index (χ3n) is 4.84. The van der Waals surface area contributed by atoms with Crippen LogP contribution in [0.4, 0.5) is 0 Å². The van der Waals surface area contributed by atoms with Crippen molar-refractivity contribution in [1.29, 1.82) is 0 Å². The van der Waals surface area contributed by atoms with Crippen LogP contribution in [0.2, 0.25) is 18.1 Å². The van der Waals surface area contributed by atoms with Gasteiger partial charge in [-0.25, -0.2) is 0 Å². The van der Waals surface area contributed by atoms with Gasteiger partial charge in [0.1, 0.15) is 5.75 Å². The van der Waals surface area contributed by atoms with Gasteiger partial charge in [-0.15, -0.1) is 0 Å². The molecule has 106 valence electrons. The highest BCUT2D eigenvalue weighted by Crippen LogP contribution is 2.29. The van der Waals surface area contributed by atoms with Crippen LogP contribution in [-0.4, -0.2) is 8.32 Å². The topological polar surface area (TPSA) is 9.23 Å². The van der Waals surface area contributed by atoms with Gasteiger partial charge in [0.25, 0.3) is 0 Å². The lowest BCUT2D eigenvalue weighted by Gasteiger charge is -2.29. The fraction of sp³-hybridized carbons (Fsp3) is 0.647. The van der Waals surface area contributed by atoms with Gasteiger partial charge in [0.2, 0.25) is 8.32 Å². The summed E-state index contributed by atoms with van der Waals surface area (Å²) in [4.78, 5) is 0. The Balaban J connectivity index is 2.19. The molecular formula is C17H28OSi. The van der Waals surface area contributed by atoms with E-state index in [0.29, 0.717) is 0 Å². The summed E-state index contributed by atoms with van der Waals surface area (Å²) in [6.45, 7) is 6.88. The van der Waals surface area contributed by atoms with Crippen LogP contribution in [0.1, 0.15) is 51.2 Å². The van der Waals surface area contributed by atoms with Gasteiger partial charge < -0.3 is 4.43 Å². The predicted octanol–water partition coefficient (Wildman–Crippen LogP) is 5.34. The van der Waals surface area contributed by atoms with E-state index in [9.17, 15) is 0 Å². The summed E-state index contributed by atoms with van der Waals surface area (Å²) < 4.78 is 6.50. The summed E-state index contributed by atoms with van der Waals surface area (Å²) in [6.07, 6.45) is 6.57. The van der Waals surface area contributed by atoms with E-state index in [1.54, 1.807) is 11.1 Å². The summed E-state index contributed by atoms with van der Waals surface area (Å²) >= 11 is 0. The van der Waals surface area contributed by atoms with Gasteiger partial charge >= 0.3 is 0 Å². The zero-order chi connectivity index (χ0) is 13.7. The molecule has 0 aromatic heterocycles. The van der Waals surface area contributed by atoms with Crippen LogP contribution in [0.3, 0.4) is 0 Å². The fourth-order valence-electron chi connectivity index (χ4n) is 3.17. The number of aryl methyl sites for hydroxylation is 2. The minimum absolute atomic E-state index is 1.14. The Kier molecular flexibility index (Phi) is 5.09. The van der Waals surface area contributed by atoms with Gasteiger partial charge in [-0.1, -0.05) is 33.3 Å². The number of rotatable bonds is 5. The monoisotopic (exact) mass is 276 g/mol. The third-order valence-corrected chi connectivity index (χ3v) is 9.37. The first-order valence-corrected chi connectivity index (χ1v) is 10.6. The van der Waals surface area contributed by atoms with Gasteiger partial charge in [-0.05, 0) is 67.1 Å². The molecule has 0 spiro atoms. The first-order chi connectivity index (χ1) is 9.23. The van der Waals surface area contributed by atoms with E-state index in [0.717, 1.165) is 5.75 Å². The van der Waals surface area contributed by atoms with Gasteiger partial charge in [0.05, 0.1) is 0 Å². The molecule has 1 aromatic rings. The van der Waals surface area contributed by atoms with Crippen LogP contribution in [0.5, 0.6) is 5.75 Å². The molecule has 0 aliphatic heterocycles. The molecule has 2 rings (SSSR count). The van der Waals surface area contributed by atoms with Crippen molar-refractivity contribution >= 4 is 8.32 Å². The van der Waals surface area contributed by atoms with Gasteiger partial charge in [-0.3, -0.25) is 0 Å². The number of hydrogen-bond donors (Lipinski definition) is 0. The third kappa shape index (κ3) is 3.41. The molecule has 0 unspecified atom stereocenters. The van der Waals surface area contributed by atoms with Crippen LogP contribution in [0.25, 0.3) is 0 Å². The fourth-order valence-corrected chi connectivity index (χ4v) is 5.73. The number of hydrogen-bond acceptors (Lipinski definition) is 1. The molecular weight excluding hydrogens is 248 g/mol. The summed E-state index contributed by atoms with van der Waals surface area (Å²) in [6, 6.07) is 10.5. The lowest BCUT2D eigenvalue weighted by molar-refractivity contribution is 0.531. The van der Waals surface area contributed by atoms with Crippen molar-refractivity contribution < 1.29 is 4.43 Å². The highest BCUT2D eigenvalue weighted by Gasteiger charge is 2.30. The highest BCUT2D eigenvalue weighted by atomic mass is 28.4. The smallest absolute Gasteiger partial charge is 0.250 e. The molecule has 0 bridgehead atoms. The van der Waals surface area contributed by atoms with Crippen LogP contribution in [0, 0.1) is 0 Å². The highest BCUT2D eigenvalue weighted by molar-refractivity contribution is 6.74. The number of fused-ring (bicyclic) bond motifs is 1. The van der Waals surface area contributed by atoms with Gasteiger partial charge in [0.15, 0.2) is 0 Å².